The van der Waals surface area contributed by atoms with Gasteiger partial charge in [-0.25, -0.2) is 4.98 Å². The SMILES string of the molecule is Cc1cccc(O[C@H](C)C(=O)Nc2ccccc2-c2nc3ccccc3[nH]2)c1. The third kappa shape index (κ3) is 3.74. The molecule has 3 aromatic carbocycles. The topological polar surface area (TPSA) is 67.0 Å². The highest BCUT2D eigenvalue weighted by atomic mass is 16.5. The van der Waals surface area contributed by atoms with Gasteiger partial charge in [0.15, 0.2) is 6.10 Å². The molecule has 0 aliphatic carbocycles. The zero-order valence-corrected chi connectivity index (χ0v) is 15.8. The monoisotopic (exact) mass is 371 g/mol. The molecular weight excluding hydrogens is 350 g/mol. The normalized spacial score (nSPS) is 11.9. The minimum absolute atomic E-state index is 0.218. The molecule has 1 atom stereocenters. The summed E-state index contributed by atoms with van der Waals surface area (Å²) in [5.41, 5.74) is 4.44. The second kappa shape index (κ2) is 7.56. The van der Waals surface area contributed by atoms with Crippen LogP contribution in [0.4, 0.5) is 5.69 Å². The van der Waals surface area contributed by atoms with Crippen LogP contribution in [0, 0.1) is 6.92 Å². The number of aromatic nitrogens is 2. The van der Waals surface area contributed by atoms with Gasteiger partial charge in [-0.1, -0.05) is 36.4 Å². The lowest BCUT2D eigenvalue weighted by molar-refractivity contribution is -0.122. The zero-order valence-electron chi connectivity index (χ0n) is 15.8. The molecule has 4 rings (SSSR count). The number of amides is 1. The first kappa shape index (κ1) is 17.8. The Kier molecular flexibility index (Phi) is 4.81. The summed E-state index contributed by atoms with van der Waals surface area (Å²) in [6, 6.07) is 23.1. The molecule has 0 unspecified atom stereocenters. The second-order valence-electron chi connectivity index (χ2n) is 6.71. The molecule has 0 aliphatic heterocycles. The number of H-pyrrole nitrogens is 1. The molecule has 2 N–H and O–H groups in total. The van der Waals surface area contributed by atoms with Gasteiger partial charge in [-0.05, 0) is 55.8 Å². The van der Waals surface area contributed by atoms with E-state index < -0.39 is 6.10 Å². The standard InChI is InChI=1S/C23H21N3O2/c1-15-8-7-9-17(14-15)28-16(2)23(27)26-19-11-4-3-10-18(19)22-24-20-12-5-6-13-21(20)25-22/h3-14,16H,1-2H3,(H,24,25)(H,26,27)/t16-/m1/s1. The molecule has 0 saturated carbocycles. The number of rotatable bonds is 5. The Labute approximate surface area is 163 Å². The fraction of sp³-hybridized carbons (Fsp3) is 0.130. The maximum Gasteiger partial charge on any atom is 0.265 e. The Bertz CT molecular complexity index is 1100. The van der Waals surface area contributed by atoms with Crippen LogP contribution >= 0.6 is 0 Å². The molecule has 0 aliphatic rings. The summed E-state index contributed by atoms with van der Waals surface area (Å²) >= 11 is 0. The van der Waals surface area contributed by atoms with Crippen molar-refractivity contribution < 1.29 is 9.53 Å². The number of hydrogen-bond donors (Lipinski definition) is 2. The van der Waals surface area contributed by atoms with Gasteiger partial charge in [0, 0.05) is 5.56 Å². The second-order valence-corrected chi connectivity index (χ2v) is 6.71. The van der Waals surface area contributed by atoms with Crippen LogP contribution in [0.5, 0.6) is 5.75 Å². The highest BCUT2D eigenvalue weighted by Crippen LogP contribution is 2.27. The molecule has 0 saturated heterocycles. The van der Waals surface area contributed by atoms with Crippen molar-refractivity contribution in [2.24, 2.45) is 0 Å². The minimum atomic E-state index is -0.634. The van der Waals surface area contributed by atoms with E-state index in [1.54, 1.807) is 6.92 Å². The first-order valence-corrected chi connectivity index (χ1v) is 9.18. The van der Waals surface area contributed by atoms with Crippen molar-refractivity contribution in [2.45, 2.75) is 20.0 Å². The number of nitrogens with one attached hydrogen (secondary N) is 2. The van der Waals surface area contributed by atoms with E-state index in [0.717, 1.165) is 22.2 Å². The van der Waals surface area contributed by atoms with E-state index in [2.05, 4.69) is 15.3 Å². The summed E-state index contributed by atoms with van der Waals surface area (Å²) in [7, 11) is 0. The van der Waals surface area contributed by atoms with Crippen molar-refractivity contribution in [3.05, 3.63) is 78.4 Å². The van der Waals surface area contributed by atoms with Crippen LogP contribution in [-0.4, -0.2) is 22.0 Å². The molecule has 1 heterocycles. The number of aromatic amines is 1. The maximum atomic E-state index is 12.7. The Hall–Kier alpha value is -3.60. The highest BCUT2D eigenvalue weighted by molar-refractivity contribution is 5.98. The van der Waals surface area contributed by atoms with Crippen LogP contribution in [0.2, 0.25) is 0 Å². The third-order valence-electron chi connectivity index (χ3n) is 4.50. The smallest absolute Gasteiger partial charge is 0.265 e. The molecular formula is C23H21N3O2. The number of imidazole rings is 1. The highest BCUT2D eigenvalue weighted by Gasteiger charge is 2.18. The van der Waals surface area contributed by atoms with Crippen molar-refractivity contribution in [1.29, 1.82) is 0 Å². The largest absolute Gasteiger partial charge is 0.481 e. The number of nitrogens with zero attached hydrogens (tertiary/aromatic N) is 1. The van der Waals surface area contributed by atoms with Gasteiger partial charge < -0.3 is 15.0 Å². The minimum Gasteiger partial charge on any atom is -0.481 e. The number of anilines is 1. The molecule has 4 aromatic rings. The summed E-state index contributed by atoms with van der Waals surface area (Å²) in [6.45, 7) is 3.72. The maximum absolute atomic E-state index is 12.7. The van der Waals surface area contributed by atoms with E-state index >= 15 is 0 Å². The number of aryl methyl sites for hydroxylation is 1. The summed E-state index contributed by atoms with van der Waals surface area (Å²) in [6.07, 6.45) is -0.634. The van der Waals surface area contributed by atoms with Gasteiger partial charge in [-0.2, -0.15) is 0 Å². The number of ether oxygens (including phenoxy) is 1. The number of carbonyl (C=O) groups is 1. The zero-order chi connectivity index (χ0) is 19.5. The van der Waals surface area contributed by atoms with Gasteiger partial charge in [0.25, 0.3) is 5.91 Å². The van der Waals surface area contributed by atoms with E-state index in [1.807, 2.05) is 79.7 Å². The lowest BCUT2D eigenvalue weighted by Gasteiger charge is -2.16. The van der Waals surface area contributed by atoms with E-state index in [9.17, 15) is 4.79 Å². The first-order valence-electron chi connectivity index (χ1n) is 9.18. The Morgan fingerprint density at radius 1 is 1.04 bits per heavy atom. The van der Waals surface area contributed by atoms with Crippen LogP contribution in [0.25, 0.3) is 22.4 Å². The van der Waals surface area contributed by atoms with Crippen LogP contribution in [-0.2, 0) is 4.79 Å². The Morgan fingerprint density at radius 2 is 1.82 bits per heavy atom. The molecule has 0 fully saturated rings. The Balaban J connectivity index is 1.55. The number of fused-ring (bicyclic) bond motifs is 1. The van der Waals surface area contributed by atoms with Crippen LogP contribution in [0.1, 0.15) is 12.5 Å². The van der Waals surface area contributed by atoms with Gasteiger partial charge >= 0.3 is 0 Å². The van der Waals surface area contributed by atoms with E-state index in [-0.39, 0.29) is 5.91 Å². The van der Waals surface area contributed by atoms with Crippen molar-refractivity contribution in [3.63, 3.8) is 0 Å². The molecule has 1 aromatic heterocycles. The predicted molar refractivity (Wildman–Crippen MR) is 111 cm³/mol. The molecule has 5 heteroatoms. The number of para-hydroxylation sites is 3. The number of benzene rings is 3. The first-order chi connectivity index (χ1) is 13.6. The van der Waals surface area contributed by atoms with E-state index in [1.165, 1.54) is 0 Å². The van der Waals surface area contributed by atoms with Gasteiger partial charge in [0.2, 0.25) is 0 Å². The third-order valence-corrected chi connectivity index (χ3v) is 4.50. The lowest BCUT2D eigenvalue weighted by atomic mass is 10.1. The van der Waals surface area contributed by atoms with Crippen molar-refractivity contribution in [1.82, 2.24) is 9.97 Å². The van der Waals surface area contributed by atoms with Crippen molar-refractivity contribution >= 4 is 22.6 Å². The molecule has 0 radical (unpaired) electrons. The van der Waals surface area contributed by atoms with Crippen LogP contribution in [0.15, 0.2) is 72.8 Å². The lowest BCUT2D eigenvalue weighted by Crippen LogP contribution is -2.30. The molecule has 28 heavy (non-hydrogen) atoms. The predicted octanol–water partition coefficient (Wildman–Crippen LogP) is 4.94. The van der Waals surface area contributed by atoms with E-state index in [0.29, 0.717) is 17.3 Å². The number of carbonyl (C=O) groups excluding carboxylic acids is 1. The Morgan fingerprint density at radius 3 is 2.64 bits per heavy atom. The van der Waals surface area contributed by atoms with Crippen molar-refractivity contribution in [3.8, 4) is 17.1 Å². The van der Waals surface area contributed by atoms with Crippen molar-refractivity contribution in [2.75, 3.05) is 5.32 Å². The van der Waals surface area contributed by atoms with Crippen LogP contribution in [0.3, 0.4) is 0 Å². The average molecular weight is 371 g/mol. The quantitative estimate of drug-likeness (QED) is 0.522. The summed E-state index contributed by atoms with van der Waals surface area (Å²) in [4.78, 5) is 20.6. The summed E-state index contributed by atoms with van der Waals surface area (Å²) < 4.78 is 5.79. The number of hydrogen-bond acceptors (Lipinski definition) is 3. The van der Waals surface area contributed by atoms with Gasteiger partial charge in [-0.15, -0.1) is 0 Å². The summed E-state index contributed by atoms with van der Waals surface area (Å²) in [5.74, 6) is 1.17. The average Bonchev–Trinajstić information content (AvgIpc) is 3.12. The fourth-order valence-corrected chi connectivity index (χ4v) is 3.06. The molecule has 5 nitrogen and oxygen atoms in total. The van der Waals surface area contributed by atoms with Crippen LogP contribution < -0.4 is 10.1 Å². The summed E-state index contributed by atoms with van der Waals surface area (Å²) in [5, 5.41) is 2.96. The fourth-order valence-electron chi connectivity index (χ4n) is 3.06. The molecule has 0 spiro atoms. The molecule has 0 bridgehead atoms. The van der Waals surface area contributed by atoms with E-state index in [4.69, 9.17) is 4.74 Å². The van der Waals surface area contributed by atoms with Gasteiger partial charge in [-0.3, -0.25) is 4.79 Å². The molecule has 1 amide bonds. The molecule has 140 valence electrons. The van der Waals surface area contributed by atoms with Gasteiger partial charge in [0.05, 0.1) is 16.7 Å². The van der Waals surface area contributed by atoms with Gasteiger partial charge in [0.1, 0.15) is 11.6 Å².